The Balaban J connectivity index is 2.46. The van der Waals surface area contributed by atoms with E-state index in [2.05, 4.69) is 15.1 Å². The van der Waals surface area contributed by atoms with E-state index in [0.29, 0.717) is 0 Å². The number of benzene rings is 1. The third-order valence-corrected chi connectivity index (χ3v) is 3.94. The lowest BCUT2D eigenvalue weighted by Crippen LogP contribution is -2.19. The number of hydrazine groups is 1. The maximum Gasteiger partial charge on any atom is 0.265 e. The Hall–Kier alpha value is -2.70. The fraction of sp³-hybridized carbons (Fsp3) is 0. The molecule has 0 unspecified atom stereocenters. The number of nitriles is 1. The minimum Gasteiger partial charge on any atom is -0.307 e. The summed E-state index contributed by atoms with van der Waals surface area (Å²) in [5.74, 6) is 4.52. The normalized spacial score (nSPS) is 10.7. The second-order valence-corrected chi connectivity index (χ2v) is 5.55. The van der Waals surface area contributed by atoms with Crippen LogP contribution in [0.3, 0.4) is 0 Å². The van der Waals surface area contributed by atoms with Gasteiger partial charge in [-0.05, 0) is 30.3 Å². The van der Waals surface area contributed by atoms with E-state index in [1.807, 2.05) is 0 Å². The van der Waals surface area contributed by atoms with Crippen molar-refractivity contribution in [2.24, 2.45) is 5.84 Å². The van der Waals surface area contributed by atoms with E-state index in [9.17, 15) is 12.8 Å². The molecule has 0 saturated heterocycles. The number of rotatable bonds is 4. The molecule has 2 aromatic rings. The van der Waals surface area contributed by atoms with E-state index in [0.717, 1.165) is 18.2 Å². The van der Waals surface area contributed by atoms with Gasteiger partial charge in [0.05, 0.1) is 11.3 Å². The Kier molecular flexibility index (Phi) is 4.02. The summed E-state index contributed by atoms with van der Waals surface area (Å²) in [5, 5.41) is 8.91. The molecule has 0 fully saturated rings. The number of nitrogens with zero attached hydrogens (tertiary/aromatic N) is 2. The van der Waals surface area contributed by atoms with E-state index < -0.39 is 15.8 Å². The molecule has 0 spiro atoms. The van der Waals surface area contributed by atoms with Gasteiger partial charge >= 0.3 is 0 Å². The zero-order valence-electron chi connectivity index (χ0n) is 10.5. The molecule has 4 N–H and O–H groups in total. The first-order chi connectivity index (χ1) is 9.97. The third-order valence-electron chi connectivity index (χ3n) is 2.54. The van der Waals surface area contributed by atoms with Gasteiger partial charge in [0, 0.05) is 6.20 Å². The quantitative estimate of drug-likeness (QED) is 0.576. The van der Waals surface area contributed by atoms with Gasteiger partial charge in [0.15, 0.2) is 5.82 Å². The Morgan fingerprint density at radius 2 is 2.10 bits per heavy atom. The molecule has 0 amide bonds. The molecule has 2 rings (SSSR count). The van der Waals surface area contributed by atoms with Crippen molar-refractivity contribution in [1.29, 1.82) is 5.26 Å². The number of aromatic nitrogens is 1. The Morgan fingerprint density at radius 1 is 1.33 bits per heavy atom. The van der Waals surface area contributed by atoms with E-state index >= 15 is 0 Å². The van der Waals surface area contributed by atoms with Gasteiger partial charge in [0.25, 0.3) is 10.0 Å². The molecule has 1 aromatic carbocycles. The van der Waals surface area contributed by atoms with E-state index in [1.54, 1.807) is 6.07 Å². The fourth-order valence-electron chi connectivity index (χ4n) is 1.61. The lowest BCUT2D eigenvalue weighted by molar-refractivity contribution is 0.601. The summed E-state index contributed by atoms with van der Waals surface area (Å²) in [6.45, 7) is 0. The van der Waals surface area contributed by atoms with E-state index in [-0.39, 0.29) is 22.0 Å². The summed E-state index contributed by atoms with van der Waals surface area (Å²) in [4.78, 5) is 3.59. The Labute approximate surface area is 120 Å². The van der Waals surface area contributed by atoms with Crippen LogP contribution in [0.2, 0.25) is 0 Å². The number of anilines is 2. The summed E-state index contributed by atoms with van der Waals surface area (Å²) >= 11 is 0. The Morgan fingerprint density at radius 3 is 2.76 bits per heavy atom. The minimum absolute atomic E-state index is 0.0364. The summed E-state index contributed by atoms with van der Waals surface area (Å²) in [7, 11) is -4.03. The van der Waals surface area contributed by atoms with Crippen LogP contribution in [0.25, 0.3) is 0 Å². The highest BCUT2D eigenvalue weighted by atomic mass is 32.2. The van der Waals surface area contributed by atoms with Crippen LogP contribution in [-0.2, 0) is 10.0 Å². The van der Waals surface area contributed by atoms with E-state index in [4.69, 9.17) is 11.1 Å². The largest absolute Gasteiger partial charge is 0.307 e. The molecular weight excluding hydrogens is 297 g/mol. The first kappa shape index (κ1) is 14.7. The second-order valence-electron chi connectivity index (χ2n) is 3.90. The monoisotopic (exact) mass is 307 g/mol. The fourth-order valence-corrected chi connectivity index (χ4v) is 2.81. The topological polar surface area (TPSA) is 121 Å². The number of pyridine rings is 1. The number of hydrogen-bond donors (Lipinski definition) is 3. The van der Waals surface area contributed by atoms with Gasteiger partial charge in [-0.25, -0.2) is 23.6 Å². The molecule has 0 aliphatic carbocycles. The van der Waals surface area contributed by atoms with Gasteiger partial charge in [-0.2, -0.15) is 5.26 Å². The lowest BCUT2D eigenvalue weighted by atomic mass is 10.2. The first-order valence-electron chi connectivity index (χ1n) is 5.62. The average Bonchev–Trinajstić information content (AvgIpc) is 2.48. The van der Waals surface area contributed by atoms with Crippen molar-refractivity contribution in [3.05, 3.63) is 47.9 Å². The maximum atomic E-state index is 13.0. The van der Waals surface area contributed by atoms with Crippen LogP contribution in [0.1, 0.15) is 5.56 Å². The minimum atomic E-state index is -4.03. The highest BCUT2D eigenvalue weighted by Gasteiger charge is 2.20. The molecular formula is C12H10FN5O2S. The van der Waals surface area contributed by atoms with Gasteiger partial charge in [0.1, 0.15) is 16.8 Å². The van der Waals surface area contributed by atoms with Crippen LogP contribution in [-0.4, -0.2) is 13.4 Å². The van der Waals surface area contributed by atoms with Gasteiger partial charge in [-0.3, -0.25) is 4.72 Å². The van der Waals surface area contributed by atoms with Crippen molar-refractivity contribution < 1.29 is 12.8 Å². The molecule has 1 aromatic heterocycles. The molecule has 0 saturated carbocycles. The summed E-state index contributed by atoms with van der Waals surface area (Å²) < 4.78 is 39.8. The lowest BCUT2D eigenvalue weighted by Gasteiger charge is -2.11. The molecule has 9 heteroatoms. The van der Waals surface area contributed by atoms with Crippen LogP contribution in [0.5, 0.6) is 0 Å². The maximum absolute atomic E-state index is 13.0. The zero-order chi connectivity index (χ0) is 15.5. The number of nitrogens with two attached hydrogens (primary N) is 1. The highest BCUT2D eigenvalue weighted by Crippen LogP contribution is 2.23. The van der Waals surface area contributed by atoms with Crippen molar-refractivity contribution in [3.63, 3.8) is 0 Å². The van der Waals surface area contributed by atoms with Gasteiger partial charge in [-0.1, -0.05) is 0 Å². The second kappa shape index (κ2) is 5.74. The van der Waals surface area contributed by atoms with Gasteiger partial charge in [-0.15, -0.1) is 0 Å². The smallest absolute Gasteiger partial charge is 0.265 e. The van der Waals surface area contributed by atoms with Crippen LogP contribution in [0, 0.1) is 17.1 Å². The summed E-state index contributed by atoms with van der Waals surface area (Å²) in [6.07, 6.45) is 1.37. The van der Waals surface area contributed by atoms with Gasteiger partial charge < -0.3 is 5.43 Å². The predicted molar refractivity (Wildman–Crippen MR) is 74.0 cm³/mol. The molecule has 0 aliphatic rings. The van der Waals surface area contributed by atoms with Crippen LogP contribution in [0.15, 0.2) is 41.4 Å². The number of sulfonamides is 1. The standard InChI is InChI=1S/C12H10FN5O2S/c13-9-3-4-10(8(6-9)7-14)18-21(19,20)11-2-1-5-16-12(11)17-15/h1-6,18H,15H2,(H,16,17). The SMILES string of the molecule is N#Cc1cc(F)ccc1NS(=O)(=O)c1cccnc1NN. The molecule has 21 heavy (non-hydrogen) atoms. The van der Waals surface area contributed by atoms with Crippen molar-refractivity contribution in [2.45, 2.75) is 4.90 Å². The van der Waals surface area contributed by atoms with Crippen LogP contribution in [0.4, 0.5) is 15.9 Å². The van der Waals surface area contributed by atoms with E-state index in [1.165, 1.54) is 18.3 Å². The van der Waals surface area contributed by atoms with Gasteiger partial charge in [0.2, 0.25) is 0 Å². The van der Waals surface area contributed by atoms with Crippen molar-refractivity contribution in [3.8, 4) is 6.07 Å². The molecule has 7 nitrogen and oxygen atoms in total. The molecule has 0 atom stereocenters. The molecule has 108 valence electrons. The number of halogens is 1. The molecule has 0 aliphatic heterocycles. The Bertz CT molecular complexity index is 817. The zero-order valence-corrected chi connectivity index (χ0v) is 11.4. The average molecular weight is 307 g/mol. The molecule has 0 radical (unpaired) electrons. The van der Waals surface area contributed by atoms with Crippen LogP contribution >= 0.6 is 0 Å². The molecule has 1 heterocycles. The van der Waals surface area contributed by atoms with Crippen molar-refractivity contribution >= 4 is 21.5 Å². The predicted octanol–water partition coefficient (Wildman–Crippen LogP) is 1.18. The number of nitrogen functional groups attached to an aromatic ring is 1. The van der Waals surface area contributed by atoms with Crippen molar-refractivity contribution in [1.82, 2.24) is 4.98 Å². The first-order valence-corrected chi connectivity index (χ1v) is 7.10. The van der Waals surface area contributed by atoms with Crippen LogP contribution < -0.4 is 16.0 Å². The van der Waals surface area contributed by atoms with Crippen molar-refractivity contribution in [2.75, 3.05) is 10.1 Å². The number of nitrogens with one attached hydrogen (secondary N) is 2. The molecule has 0 bridgehead atoms. The third kappa shape index (κ3) is 3.07. The summed E-state index contributed by atoms with van der Waals surface area (Å²) in [6, 6.07) is 7.57. The summed E-state index contributed by atoms with van der Waals surface area (Å²) in [5.41, 5.74) is 2.00. The highest BCUT2D eigenvalue weighted by molar-refractivity contribution is 7.92. The number of hydrogen-bond acceptors (Lipinski definition) is 6.